The van der Waals surface area contributed by atoms with E-state index in [0.29, 0.717) is 11.3 Å². The summed E-state index contributed by atoms with van der Waals surface area (Å²) in [6.45, 7) is 1.73. The first-order valence-electron chi connectivity index (χ1n) is 7.60. The highest BCUT2D eigenvalue weighted by Crippen LogP contribution is 2.22. The molecule has 0 aliphatic rings. The summed E-state index contributed by atoms with van der Waals surface area (Å²) in [4.78, 5) is 23.5. The van der Waals surface area contributed by atoms with Crippen LogP contribution in [0.15, 0.2) is 54.7 Å². The monoisotopic (exact) mass is 322 g/mol. The molecule has 24 heavy (non-hydrogen) atoms. The third-order valence-corrected chi connectivity index (χ3v) is 3.87. The lowest BCUT2D eigenvalue weighted by Gasteiger charge is -2.08. The van der Waals surface area contributed by atoms with Crippen LogP contribution < -0.4 is 10.1 Å². The summed E-state index contributed by atoms with van der Waals surface area (Å²) in [5, 5.41) is 3.86. The summed E-state index contributed by atoms with van der Waals surface area (Å²) in [6.07, 6.45) is 1.88. The minimum Gasteiger partial charge on any atom is -0.497 e. The number of fused-ring (bicyclic) bond motifs is 1. The summed E-state index contributed by atoms with van der Waals surface area (Å²) >= 11 is 0. The highest BCUT2D eigenvalue weighted by molar-refractivity contribution is 5.96. The van der Waals surface area contributed by atoms with Crippen molar-refractivity contribution in [3.8, 4) is 5.75 Å². The molecule has 3 rings (SSSR count). The highest BCUT2D eigenvalue weighted by atomic mass is 16.5. The lowest BCUT2D eigenvalue weighted by Crippen LogP contribution is -2.18. The molecule has 0 spiro atoms. The minimum absolute atomic E-state index is 0.00196. The number of anilines is 1. The molecule has 3 aromatic rings. The molecule has 2 aromatic carbocycles. The van der Waals surface area contributed by atoms with Gasteiger partial charge in [0.1, 0.15) is 12.3 Å². The molecule has 1 aromatic heterocycles. The third kappa shape index (κ3) is 3.30. The van der Waals surface area contributed by atoms with E-state index in [0.717, 1.165) is 16.7 Å². The Balaban J connectivity index is 1.71. The van der Waals surface area contributed by atoms with Gasteiger partial charge in [0.2, 0.25) is 5.91 Å². The van der Waals surface area contributed by atoms with Gasteiger partial charge in [-0.05, 0) is 55.5 Å². The van der Waals surface area contributed by atoms with Crippen molar-refractivity contribution in [2.45, 2.75) is 13.5 Å². The van der Waals surface area contributed by atoms with E-state index in [9.17, 15) is 9.59 Å². The molecular formula is C19H18N2O3. The van der Waals surface area contributed by atoms with E-state index in [2.05, 4.69) is 5.32 Å². The van der Waals surface area contributed by atoms with Gasteiger partial charge in [0.25, 0.3) is 0 Å². The van der Waals surface area contributed by atoms with Crippen LogP contribution in [0.3, 0.4) is 0 Å². The van der Waals surface area contributed by atoms with Gasteiger partial charge in [-0.3, -0.25) is 9.59 Å². The smallest absolute Gasteiger partial charge is 0.244 e. The average molecular weight is 322 g/mol. The average Bonchev–Trinajstić information content (AvgIpc) is 2.97. The summed E-state index contributed by atoms with van der Waals surface area (Å²) in [5.74, 6) is 0.663. The minimum atomic E-state index is -0.126. The number of carbonyl (C=O) groups is 2. The summed E-state index contributed by atoms with van der Waals surface area (Å²) in [6, 6.07) is 14.6. The van der Waals surface area contributed by atoms with Crippen LogP contribution in [-0.2, 0) is 11.3 Å². The van der Waals surface area contributed by atoms with Crippen molar-refractivity contribution in [2.75, 3.05) is 12.4 Å². The Bertz CT molecular complexity index is 895. The van der Waals surface area contributed by atoms with Crippen molar-refractivity contribution in [2.24, 2.45) is 0 Å². The first-order chi connectivity index (χ1) is 11.6. The molecule has 1 amide bonds. The molecule has 1 heterocycles. The van der Waals surface area contributed by atoms with Gasteiger partial charge in [-0.1, -0.05) is 0 Å². The first-order valence-corrected chi connectivity index (χ1v) is 7.60. The summed E-state index contributed by atoms with van der Waals surface area (Å²) in [5.41, 5.74) is 2.26. The molecule has 122 valence electrons. The van der Waals surface area contributed by atoms with E-state index in [-0.39, 0.29) is 18.2 Å². The number of nitrogens with zero attached hydrogens (tertiary/aromatic N) is 1. The van der Waals surface area contributed by atoms with E-state index in [1.54, 1.807) is 31.4 Å². The fourth-order valence-electron chi connectivity index (χ4n) is 2.59. The van der Waals surface area contributed by atoms with Crippen molar-refractivity contribution in [1.29, 1.82) is 0 Å². The lowest BCUT2D eigenvalue weighted by molar-refractivity contribution is -0.116. The predicted octanol–water partition coefficient (Wildman–Crippen LogP) is 3.49. The van der Waals surface area contributed by atoms with E-state index in [4.69, 9.17) is 4.74 Å². The number of benzene rings is 2. The van der Waals surface area contributed by atoms with Crippen molar-refractivity contribution in [1.82, 2.24) is 4.57 Å². The van der Waals surface area contributed by atoms with Crippen molar-refractivity contribution in [3.63, 3.8) is 0 Å². The van der Waals surface area contributed by atoms with E-state index in [1.807, 2.05) is 35.0 Å². The third-order valence-electron chi connectivity index (χ3n) is 3.87. The molecule has 0 atom stereocenters. The second-order valence-electron chi connectivity index (χ2n) is 5.55. The number of ketones is 1. The predicted molar refractivity (Wildman–Crippen MR) is 93.6 cm³/mol. The maximum absolute atomic E-state index is 12.2. The van der Waals surface area contributed by atoms with Crippen LogP contribution in [0, 0.1) is 0 Å². The van der Waals surface area contributed by atoms with E-state index in [1.165, 1.54) is 6.92 Å². The van der Waals surface area contributed by atoms with Crippen LogP contribution in [0.2, 0.25) is 0 Å². The standard InChI is InChI=1S/C19H18N2O3/c1-13(22)14-3-5-16(6-4-14)20-19(23)12-21-10-9-15-11-17(24-2)7-8-18(15)21/h3-11H,12H2,1-2H3,(H,20,23). The van der Waals surface area contributed by atoms with Crippen molar-refractivity contribution >= 4 is 28.3 Å². The quantitative estimate of drug-likeness (QED) is 0.732. The normalized spacial score (nSPS) is 10.6. The van der Waals surface area contributed by atoms with Gasteiger partial charge in [-0.2, -0.15) is 0 Å². The van der Waals surface area contributed by atoms with Gasteiger partial charge in [-0.25, -0.2) is 0 Å². The number of rotatable bonds is 5. The summed E-state index contributed by atoms with van der Waals surface area (Å²) < 4.78 is 7.09. The Morgan fingerprint density at radius 2 is 1.83 bits per heavy atom. The molecule has 0 unspecified atom stereocenters. The first kappa shape index (κ1) is 15.8. The Kier molecular flexibility index (Phi) is 4.33. The molecule has 0 saturated carbocycles. The maximum Gasteiger partial charge on any atom is 0.244 e. The van der Waals surface area contributed by atoms with Crippen LogP contribution in [0.4, 0.5) is 5.69 Å². The van der Waals surface area contributed by atoms with Crippen LogP contribution in [0.5, 0.6) is 5.75 Å². The highest BCUT2D eigenvalue weighted by Gasteiger charge is 2.08. The molecule has 0 saturated heterocycles. The zero-order chi connectivity index (χ0) is 17.1. The molecule has 0 aliphatic heterocycles. The number of aromatic nitrogens is 1. The van der Waals surface area contributed by atoms with Gasteiger partial charge in [0, 0.05) is 28.4 Å². The largest absolute Gasteiger partial charge is 0.497 e. The fraction of sp³-hybridized carbons (Fsp3) is 0.158. The van der Waals surface area contributed by atoms with Crippen LogP contribution >= 0.6 is 0 Å². The second kappa shape index (κ2) is 6.58. The number of Topliss-reactive ketones (excluding diaryl/α,β-unsaturated/α-hetero) is 1. The van der Waals surface area contributed by atoms with Gasteiger partial charge in [0.15, 0.2) is 5.78 Å². The Labute approximate surface area is 139 Å². The van der Waals surface area contributed by atoms with Gasteiger partial charge in [-0.15, -0.1) is 0 Å². The van der Waals surface area contributed by atoms with Crippen LogP contribution in [-0.4, -0.2) is 23.4 Å². The zero-order valence-corrected chi connectivity index (χ0v) is 13.6. The topological polar surface area (TPSA) is 60.3 Å². The molecule has 0 fully saturated rings. The van der Waals surface area contributed by atoms with Crippen LogP contribution in [0.25, 0.3) is 10.9 Å². The fourth-order valence-corrected chi connectivity index (χ4v) is 2.59. The summed E-state index contributed by atoms with van der Waals surface area (Å²) in [7, 11) is 1.63. The molecule has 0 bridgehead atoms. The van der Waals surface area contributed by atoms with Crippen molar-refractivity contribution < 1.29 is 14.3 Å². The molecule has 5 heteroatoms. The zero-order valence-electron chi connectivity index (χ0n) is 13.6. The molecule has 5 nitrogen and oxygen atoms in total. The Morgan fingerprint density at radius 3 is 2.50 bits per heavy atom. The number of amides is 1. The van der Waals surface area contributed by atoms with E-state index >= 15 is 0 Å². The molecule has 0 aliphatic carbocycles. The van der Waals surface area contributed by atoms with Gasteiger partial charge >= 0.3 is 0 Å². The molecular weight excluding hydrogens is 304 g/mol. The van der Waals surface area contributed by atoms with Crippen LogP contribution in [0.1, 0.15) is 17.3 Å². The number of carbonyl (C=O) groups excluding carboxylic acids is 2. The number of methoxy groups -OCH3 is 1. The molecule has 1 N–H and O–H groups in total. The number of hydrogen-bond acceptors (Lipinski definition) is 3. The number of ether oxygens (including phenoxy) is 1. The van der Waals surface area contributed by atoms with E-state index < -0.39 is 0 Å². The second-order valence-corrected chi connectivity index (χ2v) is 5.55. The lowest BCUT2D eigenvalue weighted by atomic mass is 10.1. The van der Waals surface area contributed by atoms with Gasteiger partial charge in [0.05, 0.1) is 7.11 Å². The number of hydrogen-bond donors (Lipinski definition) is 1. The van der Waals surface area contributed by atoms with Crippen molar-refractivity contribution in [3.05, 3.63) is 60.3 Å². The molecule has 0 radical (unpaired) electrons. The SMILES string of the molecule is COc1ccc2c(ccn2CC(=O)Nc2ccc(C(C)=O)cc2)c1. The maximum atomic E-state index is 12.2. The van der Waals surface area contributed by atoms with Gasteiger partial charge < -0.3 is 14.6 Å². The Hall–Kier alpha value is -3.08. The number of nitrogens with one attached hydrogen (secondary N) is 1. The Morgan fingerprint density at radius 1 is 1.08 bits per heavy atom.